The van der Waals surface area contributed by atoms with Crippen molar-refractivity contribution < 1.29 is 19.3 Å². The fourth-order valence-corrected chi connectivity index (χ4v) is 1.98. The highest BCUT2D eigenvalue weighted by Gasteiger charge is 2.11. The Labute approximate surface area is 122 Å². The number of anilines is 1. The molecule has 3 N–H and O–H groups in total. The third-order valence-corrected chi connectivity index (χ3v) is 3.22. The number of aryl methyl sites for hydroxylation is 1. The average Bonchev–Trinajstić information content (AvgIpc) is 2.49. The molecule has 0 bridgehead atoms. The number of nitrogens with zero attached hydrogens (tertiary/aromatic N) is 1. The normalized spacial score (nSPS) is 10.5. The molecule has 0 amide bonds. The maximum Gasteiger partial charge on any atom is 0.167 e. The molecule has 0 aliphatic rings. The number of ether oxygens (including phenoxy) is 1. The summed E-state index contributed by atoms with van der Waals surface area (Å²) in [6.07, 6.45) is 1.51. The lowest BCUT2D eigenvalue weighted by molar-refractivity contribution is 0.279. The molecular weight excluding hydrogens is 275 g/mol. The highest BCUT2D eigenvalue weighted by atomic mass is 19.1. The first-order valence-corrected chi connectivity index (χ1v) is 6.41. The van der Waals surface area contributed by atoms with Crippen LogP contribution in [0.15, 0.2) is 24.4 Å². The summed E-state index contributed by atoms with van der Waals surface area (Å²) in [5.41, 5.74) is 2.09. The molecule has 0 spiro atoms. The van der Waals surface area contributed by atoms with Crippen molar-refractivity contribution in [2.45, 2.75) is 20.1 Å². The first-order chi connectivity index (χ1) is 10.1. The molecule has 0 fully saturated rings. The van der Waals surface area contributed by atoms with Crippen LogP contribution >= 0.6 is 0 Å². The predicted molar refractivity (Wildman–Crippen MR) is 76.8 cm³/mol. The first kappa shape index (κ1) is 15.1. The van der Waals surface area contributed by atoms with Crippen molar-refractivity contribution in [3.05, 3.63) is 47.0 Å². The highest BCUT2D eigenvalue weighted by Crippen LogP contribution is 2.26. The van der Waals surface area contributed by atoms with Gasteiger partial charge in [0.2, 0.25) is 0 Å². The predicted octanol–water partition coefficient (Wildman–Crippen LogP) is 2.35. The van der Waals surface area contributed by atoms with Crippen LogP contribution in [0.25, 0.3) is 0 Å². The van der Waals surface area contributed by atoms with Crippen molar-refractivity contribution in [1.82, 2.24) is 4.98 Å². The van der Waals surface area contributed by atoms with Gasteiger partial charge in [0.1, 0.15) is 5.75 Å². The van der Waals surface area contributed by atoms with Crippen LogP contribution in [0.3, 0.4) is 0 Å². The summed E-state index contributed by atoms with van der Waals surface area (Å²) in [6, 6.07) is 4.50. The number of aliphatic hydroxyl groups is 1. The van der Waals surface area contributed by atoms with E-state index < -0.39 is 5.82 Å². The van der Waals surface area contributed by atoms with E-state index in [0.717, 1.165) is 0 Å². The molecule has 1 aromatic carbocycles. The van der Waals surface area contributed by atoms with Crippen molar-refractivity contribution in [2.24, 2.45) is 0 Å². The number of benzene rings is 1. The van der Waals surface area contributed by atoms with Crippen LogP contribution in [-0.4, -0.2) is 22.3 Å². The van der Waals surface area contributed by atoms with E-state index in [9.17, 15) is 14.6 Å². The van der Waals surface area contributed by atoms with Crippen LogP contribution in [0, 0.1) is 12.7 Å². The molecule has 2 rings (SSSR count). The molecule has 0 aliphatic heterocycles. The summed E-state index contributed by atoms with van der Waals surface area (Å²) in [5.74, 6) is -0.276. The van der Waals surface area contributed by atoms with E-state index in [-0.39, 0.29) is 24.7 Å². The van der Waals surface area contributed by atoms with Gasteiger partial charge in [-0.25, -0.2) is 4.39 Å². The summed E-state index contributed by atoms with van der Waals surface area (Å²) >= 11 is 0. The standard InChI is InChI=1S/C15H17FN2O3/c1-9-15(20)12(10(8-19)6-17-9)7-18-11-3-4-14(21-2)13(16)5-11/h3-6,18-20H,7-8H2,1-2H3. The Morgan fingerprint density at radius 2 is 2.14 bits per heavy atom. The Morgan fingerprint density at radius 1 is 1.38 bits per heavy atom. The van der Waals surface area contributed by atoms with E-state index in [1.165, 1.54) is 25.4 Å². The molecule has 0 saturated carbocycles. The Kier molecular flexibility index (Phi) is 4.59. The third-order valence-electron chi connectivity index (χ3n) is 3.22. The molecule has 0 atom stereocenters. The average molecular weight is 292 g/mol. The number of rotatable bonds is 5. The van der Waals surface area contributed by atoms with Crippen LogP contribution in [0.5, 0.6) is 11.5 Å². The molecule has 1 heterocycles. The van der Waals surface area contributed by atoms with Gasteiger partial charge in [-0.15, -0.1) is 0 Å². The summed E-state index contributed by atoms with van der Waals surface area (Å²) < 4.78 is 18.5. The minimum atomic E-state index is -0.472. The van der Waals surface area contributed by atoms with Gasteiger partial charge in [0.05, 0.1) is 19.4 Å². The van der Waals surface area contributed by atoms with Crippen LogP contribution in [0.1, 0.15) is 16.8 Å². The molecule has 5 nitrogen and oxygen atoms in total. The van der Waals surface area contributed by atoms with Gasteiger partial charge in [0.15, 0.2) is 11.6 Å². The topological polar surface area (TPSA) is 74.6 Å². The smallest absolute Gasteiger partial charge is 0.167 e. The van der Waals surface area contributed by atoms with Gasteiger partial charge in [-0.05, 0) is 19.1 Å². The van der Waals surface area contributed by atoms with Crippen LogP contribution in [-0.2, 0) is 13.2 Å². The number of pyridine rings is 1. The zero-order valence-electron chi connectivity index (χ0n) is 11.9. The van der Waals surface area contributed by atoms with E-state index >= 15 is 0 Å². The number of aromatic hydroxyl groups is 1. The molecule has 0 aliphatic carbocycles. The Bertz CT molecular complexity index is 647. The van der Waals surface area contributed by atoms with Gasteiger partial charge in [-0.3, -0.25) is 4.98 Å². The molecule has 6 heteroatoms. The van der Waals surface area contributed by atoms with E-state index in [1.807, 2.05) is 0 Å². The lowest BCUT2D eigenvalue weighted by Gasteiger charge is -2.13. The fourth-order valence-electron chi connectivity index (χ4n) is 1.98. The van der Waals surface area contributed by atoms with E-state index in [0.29, 0.717) is 22.5 Å². The largest absolute Gasteiger partial charge is 0.506 e. The van der Waals surface area contributed by atoms with Crippen molar-refractivity contribution in [3.8, 4) is 11.5 Å². The van der Waals surface area contributed by atoms with Gasteiger partial charge in [0, 0.05) is 35.6 Å². The highest BCUT2D eigenvalue weighted by molar-refractivity contribution is 5.50. The van der Waals surface area contributed by atoms with Crippen molar-refractivity contribution in [3.63, 3.8) is 0 Å². The number of aliphatic hydroxyl groups excluding tert-OH is 1. The van der Waals surface area contributed by atoms with Crippen LogP contribution < -0.4 is 10.1 Å². The molecule has 0 saturated heterocycles. The number of halogens is 1. The number of hydrogen-bond acceptors (Lipinski definition) is 5. The first-order valence-electron chi connectivity index (χ1n) is 6.41. The number of hydrogen-bond donors (Lipinski definition) is 3. The lowest BCUT2D eigenvalue weighted by Crippen LogP contribution is -2.06. The van der Waals surface area contributed by atoms with Gasteiger partial charge >= 0.3 is 0 Å². The second-order valence-corrected chi connectivity index (χ2v) is 4.56. The van der Waals surface area contributed by atoms with Crippen molar-refractivity contribution >= 4 is 5.69 Å². The number of nitrogens with one attached hydrogen (secondary N) is 1. The van der Waals surface area contributed by atoms with E-state index in [4.69, 9.17) is 4.74 Å². The van der Waals surface area contributed by atoms with Gasteiger partial charge in [-0.2, -0.15) is 0 Å². The lowest BCUT2D eigenvalue weighted by atomic mass is 10.1. The summed E-state index contributed by atoms with van der Waals surface area (Å²) in [7, 11) is 1.40. The molecule has 0 radical (unpaired) electrons. The maximum absolute atomic E-state index is 13.6. The van der Waals surface area contributed by atoms with Gasteiger partial charge < -0.3 is 20.3 Å². The minimum Gasteiger partial charge on any atom is -0.506 e. The van der Waals surface area contributed by atoms with E-state index in [2.05, 4.69) is 10.3 Å². The van der Waals surface area contributed by atoms with E-state index in [1.54, 1.807) is 13.0 Å². The summed E-state index contributed by atoms with van der Waals surface area (Å²) in [4.78, 5) is 3.99. The second kappa shape index (κ2) is 6.41. The zero-order chi connectivity index (χ0) is 15.4. The number of aromatic nitrogens is 1. The zero-order valence-corrected chi connectivity index (χ0v) is 11.9. The Balaban J connectivity index is 2.20. The fraction of sp³-hybridized carbons (Fsp3) is 0.267. The third kappa shape index (κ3) is 3.22. The Morgan fingerprint density at radius 3 is 2.76 bits per heavy atom. The molecule has 112 valence electrons. The number of methoxy groups -OCH3 is 1. The summed E-state index contributed by atoms with van der Waals surface area (Å²) in [5, 5.41) is 22.3. The van der Waals surface area contributed by atoms with Gasteiger partial charge in [-0.1, -0.05) is 0 Å². The minimum absolute atomic E-state index is 0.0306. The monoisotopic (exact) mass is 292 g/mol. The maximum atomic E-state index is 13.6. The van der Waals surface area contributed by atoms with Crippen molar-refractivity contribution in [2.75, 3.05) is 12.4 Å². The molecule has 0 unspecified atom stereocenters. The molecule has 21 heavy (non-hydrogen) atoms. The SMILES string of the molecule is COc1ccc(NCc2c(CO)cnc(C)c2O)cc1F. The molecular formula is C15H17FN2O3. The van der Waals surface area contributed by atoms with Crippen LogP contribution in [0.4, 0.5) is 10.1 Å². The quantitative estimate of drug-likeness (QED) is 0.789. The Hall–Kier alpha value is -2.34. The van der Waals surface area contributed by atoms with Gasteiger partial charge in [0.25, 0.3) is 0 Å². The molecule has 2 aromatic rings. The molecule has 1 aromatic heterocycles. The second-order valence-electron chi connectivity index (χ2n) is 4.56. The van der Waals surface area contributed by atoms with Crippen molar-refractivity contribution in [1.29, 1.82) is 0 Å². The summed E-state index contributed by atoms with van der Waals surface area (Å²) in [6.45, 7) is 1.69. The van der Waals surface area contributed by atoms with Crippen LogP contribution in [0.2, 0.25) is 0 Å².